The highest BCUT2D eigenvalue weighted by molar-refractivity contribution is 9.11. The van der Waals surface area contributed by atoms with Crippen molar-refractivity contribution in [2.45, 2.75) is 0 Å². The normalized spacial score (nSPS) is 10.4. The van der Waals surface area contributed by atoms with Crippen molar-refractivity contribution in [2.75, 3.05) is 0 Å². The number of carbonyl (C=O) groups is 1. The van der Waals surface area contributed by atoms with Crippen LogP contribution in [0.25, 0.3) is 10.6 Å². The van der Waals surface area contributed by atoms with Crippen LogP contribution < -0.4 is 0 Å². The first-order chi connectivity index (χ1) is 6.72. The van der Waals surface area contributed by atoms with E-state index in [1.165, 1.54) is 0 Å². The Bertz CT molecular complexity index is 475. The van der Waals surface area contributed by atoms with Gasteiger partial charge in [-0.05, 0) is 28.1 Å². The second-order valence-electron chi connectivity index (χ2n) is 2.79. The summed E-state index contributed by atoms with van der Waals surface area (Å²) in [6.45, 7) is 0. The zero-order chi connectivity index (χ0) is 10.1. The van der Waals surface area contributed by atoms with Gasteiger partial charge in [0.25, 0.3) is 0 Å². The van der Waals surface area contributed by atoms with E-state index in [1.807, 2.05) is 19.2 Å². The molecular weight excluding hydrogens is 264 g/mol. The molecule has 0 fully saturated rings. The molecule has 0 saturated heterocycles. The molecular formula is C9H7BrN2OS. The van der Waals surface area contributed by atoms with Gasteiger partial charge in [0.2, 0.25) is 0 Å². The Hall–Kier alpha value is -0.940. The summed E-state index contributed by atoms with van der Waals surface area (Å²) in [5.74, 6) is 0. The van der Waals surface area contributed by atoms with Gasteiger partial charge in [-0.3, -0.25) is 9.48 Å². The third-order valence-electron chi connectivity index (χ3n) is 1.90. The van der Waals surface area contributed by atoms with Gasteiger partial charge >= 0.3 is 0 Å². The van der Waals surface area contributed by atoms with Crippen molar-refractivity contribution in [1.82, 2.24) is 9.78 Å². The zero-order valence-corrected chi connectivity index (χ0v) is 9.80. The van der Waals surface area contributed by atoms with E-state index in [4.69, 9.17) is 0 Å². The third kappa shape index (κ3) is 1.53. The number of aromatic nitrogens is 2. The van der Waals surface area contributed by atoms with Crippen LogP contribution in [0.5, 0.6) is 0 Å². The van der Waals surface area contributed by atoms with Gasteiger partial charge in [-0.15, -0.1) is 11.3 Å². The van der Waals surface area contributed by atoms with Crippen LogP contribution in [0.3, 0.4) is 0 Å². The molecule has 0 unspecified atom stereocenters. The van der Waals surface area contributed by atoms with Crippen LogP contribution in [0.1, 0.15) is 10.4 Å². The third-order valence-corrected chi connectivity index (χ3v) is 3.53. The molecule has 0 aliphatic rings. The van der Waals surface area contributed by atoms with Gasteiger partial charge in [0, 0.05) is 7.05 Å². The maximum Gasteiger partial charge on any atom is 0.153 e. The van der Waals surface area contributed by atoms with E-state index in [1.54, 1.807) is 22.2 Å². The first kappa shape index (κ1) is 9.61. The predicted octanol–water partition coefficient (Wildman–Crippen LogP) is 2.72. The van der Waals surface area contributed by atoms with E-state index >= 15 is 0 Å². The van der Waals surface area contributed by atoms with Crippen molar-refractivity contribution in [1.29, 1.82) is 0 Å². The van der Waals surface area contributed by atoms with Crippen molar-refractivity contribution < 1.29 is 4.79 Å². The second-order valence-corrected chi connectivity index (χ2v) is 5.26. The molecule has 2 heterocycles. The molecule has 2 rings (SSSR count). The lowest BCUT2D eigenvalue weighted by molar-refractivity contribution is 0.112. The number of thiophene rings is 1. The van der Waals surface area contributed by atoms with Gasteiger partial charge in [0.15, 0.2) is 6.29 Å². The Morgan fingerprint density at radius 1 is 1.57 bits per heavy atom. The van der Waals surface area contributed by atoms with E-state index in [9.17, 15) is 4.79 Å². The van der Waals surface area contributed by atoms with Crippen LogP contribution in [0.2, 0.25) is 0 Å². The molecule has 0 aliphatic heterocycles. The summed E-state index contributed by atoms with van der Waals surface area (Å²) in [4.78, 5) is 11.8. The number of carbonyl (C=O) groups excluding carboxylic acids is 1. The molecule has 0 saturated carbocycles. The summed E-state index contributed by atoms with van der Waals surface area (Å²) < 4.78 is 2.76. The summed E-state index contributed by atoms with van der Waals surface area (Å²) in [5.41, 5.74) is 1.50. The molecule has 0 radical (unpaired) electrons. The van der Waals surface area contributed by atoms with Crippen LogP contribution in [-0.2, 0) is 7.05 Å². The molecule has 0 spiro atoms. The van der Waals surface area contributed by atoms with Crippen LogP contribution in [-0.4, -0.2) is 16.1 Å². The molecule has 2 aromatic rings. The standard InChI is InChI=1S/C9H7BrN2OS/c1-12-9(6(5-13)4-11-12)7-2-3-8(10)14-7/h2-5H,1H3. The molecule has 2 aromatic heterocycles. The number of hydrogen-bond donors (Lipinski definition) is 0. The van der Waals surface area contributed by atoms with Crippen LogP contribution in [0.4, 0.5) is 0 Å². The Morgan fingerprint density at radius 3 is 2.93 bits per heavy atom. The van der Waals surface area contributed by atoms with Crippen molar-refractivity contribution in [3.05, 3.63) is 27.7 Å². The van der Waals surface area contributed by atoms with Gasteiger partial charge in [0.1, 0.15) is 0 Å². The monoisotopic (exact) mass is 270 g/mol. The Labute approximate surface area is 93.5 Å². The SMILES string of the molecule is Cn1ncc(C=O)c1-c1ccc(Br)s1. The van der Waals surface area contributed by atoms with Crippen molar-refractivity contribution in [2.24, 2.45) is 7.05 Å². The van der Waals surface area contributed by atoms with Gasteiger partial charge < -0.3 is 0 Å². The fourth-order valence-electron chi connectivity index (χ4n) is 1.28. The number of hydrogen-bond acceptors (Lipinski definition) is 3. The molecule has 14 heavy (non-hydrogen) atoms. The average Bonchev–Trinajstić information content (AvgIpc) is 2.71. The summed E-state index contributed by atoms with van der Waals surface area (Å²) in [5, 5.41) is 4.05. The highest BCUT2D eigenvalue weighted by Gasteiger charge is 2.11. The van der Waals surface area contributed by atoms with E-state index in [2.05, 4.69) is 21.0 Å². The topological polar surface area (TPSA) is 34.9 Å². The Balaban J connectivity index is 2.59. The molecule has 0 N–H and O–H groups in total. The Morgan fingerprint density at radius 2 is 2.36 bits per heavy atom. The van der Waals surface area contributed by atoms with Crippen LogP contribution in [0, 0.1) is 0 Å². The molecule has 0 aliphatic carbocycles. The van der Waals surface area contributed by atoms with Gasteiger partial charge in [0.05, 0.1) is 26.1 Å². The molecule has 3 nitrogen and oxygen atoms in total. The fraction of sp³-hybridized carbons (Fsp3) is 0.111. The molecule has 72 valence electrons. The van der Waals surface area contributed by atoms with E-state index < -0.39 is 0 Å². The van der Waals surface area contributed by atoms with Gasteiger partial charge in [-0.25, -0.2) is 0 Å². The second kappa shape index (κ2) is 3.67. The number of aldehydes is 1. The summed E-state index contributed by atoms with van der Waals surface area (Å²) in [6.07, 6.45) is 2.41. The summed E-state index contributed by atoms with van der Waals surface area (Å²) in [6, 6.07) is 3.93. The summed E-state index contributed by atoms with van der Waals surface area (Å²) in [7, 11) is 1.83. The van der Waals surface area contributed by atoms with Gasteiger partial charge in [-0.2, -0.15) is 5.10 Å². The van der Waals surface area contributed by atoms with E-state index in [0.29, 0.717) is 5.56 Å². The quantitative estimate of drug-likeness (QED) is 0.787. The molecule has 0 bridgehead atoms. The Kier molecular flexibility index (Phi) is 2.52. The first-order valence-corrected chi connectivity index (χ1v) is 5.56. The summed E-state index contributed by atoms with van der Waals surface area (Å²) >= 11 is 4.98. The lowest BCUT2D eigenvalue weighted by Crippen LogP contribution is -1.93. The largest absolute Gasteiger partial charge is 0.298 e. The van der Waals surface area contributed by atoms with E-state index in [0.717, 1.165) is 20.6 Å². The number of halogens is 1. The van der Waals surface area contributed by atoms with Crippen molar-refractivity contribution in [3.8, 4) is 10.6 Å². The number of rotatable bonds is 2. The molecule has 0 amide bonds. The van der Waals surface area contributed by atoms with E-state index in [-0.39, 0.29) is 0 Å². The average molecular weight is 271 g/mol. The van der Waals surface area contributed by atoms with Crippen LogP contribution >= 0.6 is 27.3 Å². The maximum absolute atomic E-state index is 10.8. The fourth-order valence-corrected chi connectivity index (χ4v) is 2.77. The van der Waals surface area contributed by atoms with Crippen molar-refractivity contribution >= 4 is 33.6 Å². The lowest BCUT2D eigenvalue weighted by atomic mass is 10.2. The number of nitrogens with zero attached hydrogens (tertiary/aromatic N) is 2. The zero-order valence-electron chi connectivity index (χ0n) is 7.40. The highest BCUT2D eigenvalue weighted by Crippen LogP contribution is 2.32. The molecule has 0 atom stereocenters. The lowest BCUT2D eigenvalue weighted by Gasteiger charge is -1.98. The number of aryl methyl sites for hydroxylation is 1. The van der Waals surface area contributed by atoms with Crippen LogP contribution in [0.15, 0.2) is 22.1 Å². The highest BCUT2D eigenvalue weighted by atomic mass is 79.9. The molecule has 5 heteroatoms. The molecule has 0 aromatic carbocycles. The predicted molar refractivity (Wildman–Crippen MR) is 59.6 cm³/mol. The van der Waals surface area contributed by atoms with Crippen molar-refractivity contribution in [3.63, 3.8) is 0 Å². The smallest absolute Gasteiger partial charge is 0.153 e. The minimum atomic E-state index is 0.627. The maximum atomic E-state index is 10.8. The minimum absolute atomic E-state index is 0.627. The minimum Gasteiger partial charge on any atom is -0.298 e. The first-order valence-electron chi connectivity index (χ1n) is 3.95. The van der Waals surface area contributed by atoms with Gasteiger partial charge in [-0.1, -0.05) is 0 Å².